The Morgan fingerprint density at radius 1 is 1.14 bits per heavy atom. The highest BCUT2D eigenvalue weighted by Crippen LogP contribution is 2.62. The number of fused-ring (bicyclic) bond motifs is 4. The van der Waals surface area contributed by atoms with Gasteiger partial charge in [-0.15, -0.1) is 0 Å². The van der Waals surface area contributed by atoms with E-state index >= 15 is 0 Å². The first-order valence-electron chi connectivity index (χ1n) is 9.35. The third-order valence-electron chi connectivity index (χ3n) is 6.60. The molecule has 28 heavy (non-hydrogen) atoms. The molecular weight excluding hydrogens is 358 g/mol. The van der Waals surface area contributed by atoms with Crippen molar-refractivity contribution < 1.29 is 23.8 Å². The number of rotatable bonds is 3. The average molecular weight is 379 g/mol. The second-order valence-electron chi connectivity index (χ2n) is 7.83. The molecule has 0 bridgehead atoms. The summed E-state index contributed by atoms with van der Waals surface area (Å²) >= 11 is 0. The normalized spacial score (nSPS) is 26.9. The van der Waals surface area contributed by atoms with Gasteiger partial charge in [-0.3, -0.25) is 9.59 Å². The van der Waals surface area contributed by atoms with Crippen LogP contribution in [0.3, 0.4) is 0 Å². The Bertz CT molecular complexity index is 988. The van der Waals surface area contributed by atoms with Gasteiger partial charge in [-0.25, -0.2) is 0 Å². The van der Waals surface area contributed by atoms with Crippen LogP contribution in [-0.2, 0) is 32.8 Å². The summed E-state index contributed by atoms with van der Waals surface area (Å²) in [6.07, 6.45) is 0.573. The Hall–Kier alpha value is -3.02. The highest BCUT2D eigenvalue weighted by Gasteiger charge is 2.69. The minimum absolute atomic E-state index is 0.0416. The van der Waals surface area contributed by atoms with Gasteiger partial charge in [-0.2, -0.15) is 0 Å². The highest BCUT2D eigenvalue weighted by atomic mass is 16.7. The van der Waals surface area contributed by atoms with E-state index in [1.165, 1.54) is 7.11 Å². The Labute approximate surface area is 163 Å². The Morgan fingerprint density at radius 2 is 1.86 bits per heavy atom. The van der Waals surface area contributed by atoms with Crippen LogP contribution >= 0.6 is 0 Å². The molecule has 6 heteroatoms. The van der Waals surface area contributed by atoms with E-state index in [9.17, 15) is 9.59 Å². The maximum atomic E-state index is 13.1. The van der Waals surface area contributed by atoms with Gasteiger partial charge in [0.15, 0.2) is 11.5 Å². The number of methoxy groups -OCH3 is 1. The second kappa shape index (κ2) is 5.74. The predicted molar refractivity (Wildman–Crippen MR) is 99.7 cm³/mol. The first-order valence-corrected chi connectivity index (χ1v) is 9.35. The third-order valence-corrected chi connectivity index (χ3v) is 6.60. The van der Waals surface area contributed by atoms with E-state index < -0.39 is 11.0 Å². The van der Waals surface area contributed by atoms with Crippen molar-refractivity contribution in [2.24, 2.45) is 5.41 Å². The van der Waals surface area contributed by atoms with Gasteiger partial charge in [0.25, 0.3) is 0 Å². The fraction of sp³-hybridized carbons (Fsp3) is 0.364. The number of amides is 1. The zero-order valence-corrected chi connectivity index (χ0v) is 15.9. The van der Waals surface area contributed by atoms with Crippen LogP contribution in [0.25, 0.3) is 0 Å². The molecule has 2 aliphatic heterocycles. The third kappa shape index (κ3) is 2.03. The zero-order chi connectivity index (χ0) is 19.5. The molecule has 1 amide bonds. The molecule has 2 aromatic carbocycles. The molecule has 5 rings (SSSR count). The number of carbonyl (C=O) groups excluding carboxylic acids is 2. The fourth-order valence-electron chi connectivity index (χ4n) is 5.13. The lowest BCUT2D eigenvalue weighted by atomic mass is 9.71. The summed E-state index contributed by atoms with van der Waals surface area (Å²) in [6.45, 7) is 2.60. The highest BCUT2D eigenvalue weighted by molar-refractivity contribution is 5.94. The van der Waals surface area contributed by atoms with Crippen LogP contribution in [0.5, 0.6) is 11.5 Å². The van der Waals surface area contributed by atoms with Crippen molar-refractivity contribution in [2.75, 3.05) is 13.9 Å². The summed E-state index contributed by atoms with van der Waals surface area (Å²) in [6, 6.07) is 13.7. The number of carbonyl (C=O) groups is 2. The van der Waals surface area contributed by atoms with Crippen molar-refractivity contribution in [3.63, 3.8) is 0 Å². The molecule has 6 nitrogen and oxygen atoms in total. The number of benzene rings is 2. The Morgan fingerprint density at radius 3 is 2.57 bits per heavy atom. The summed E-state index contributed by atoms with van der Waals surface area (Å²) in [5.74, 6) is 0.945. The van der Waals surface area contributed by atoms with Crippen molar-refractivity contribution in [2.45, 2.75) is 31.8 Å². The maximum absolute atomic E-state index is 13.1. The van der Waals surface area contributed by atoms with Crippen LogP contribution in [0.15, 0.2) is 42.5 Å². The smallest absolute Gasteiger partial charge is 0.315 e. The van der Waals surface area contributed by atoms with E-state index in [0.717, 1.165) is 16.7 Å². The number of ether oxygens (including phenoxy) is 3. The zero-order valence-electron chi connectivity index (χ0n) is 15.9. The molecule has 1 aliphatic carbocycles. The number of hydrogen-bond donors (Lipinski definition) is 0. The Balaban J connectivity index is 1.68. The van der Waals surface area contributed by atoms with Crippen LogP contribution in [0.2, 0.25) is 0 Å². The van der Waals surface area contributed by atoms with E-state index in [1.54, 1.807) is 0 Å². The largest absolute Gasteiger partial charge is 0.468 e. The van der Waals surface area contributed by atoms with Crippen molar-refractivity contribution >= 4 is 11.9 Å². The number of likely N-dealkylation sites (tertiary alicyclic amines) is 1. The molecule has 0 unspecified atom stereocenters. The van der Waals surface area contributed by atoms with Crippen LogP contribution in [0.4, 0.5) is 0 Å². The van der Waals surface area contributed by atoms with Crippen LogP contribution in [-0.4, -0.2) is 30.7 Å². The molecule has 0 radical (unpaired) electrons. The average Bonchev–Trinajstić information content (AvgIpc) is 3.31. The van der Waals surface area contributed by atoms with Gasteiger partial charge in [0.05, 0.1) is 12.6 Å². The molecule has 0 N–H and O–H groups in total. The molecule has 2 aromatic rings. The Kier molecular flexibility index (Phi) is 3.50. The standard InChI is InChI=1S/C22H21NO5/c1-21-16-9-18-17(27-13-28-18)8-15(16)10-22(21,20(25)26-2)11-19(24)23(21)12-14-6-4-3-5-7-14/h3-9H,10-13H2,1-2H3/t21-,22-/m1/s1. The van der Waals surface area contributed by atoms with E-state index in [4.69, 9.17) is 14.2 Å². The van der Waals surface area contributed by atoms with Crippen molar-refractivity contribution in [3.8, 4) is 11.5 Å². The summed E-state index contributed by atoms with van der Waals surface area (Å²) in [4.78, 5) is 28.0. The molecule has 0 aromatic heterocycles. The monoisotopic (exact) mass is 379 g/mol. The van der Waals surface area contributed by atoms with Gasteiger partial charge in [-0.1, -0.05) is 30.3 Å². The first kappa shape index (κ1) is 17.1. The predicted octanol–water partition coefficient (Wildman–Crippen LogP) is 2.78. The molecular formula is C22H21NO5. The quantitative estimate of drug-likeness (QED) is 0.768. The maximum Gasteiger partial charge on any atom is 0.315 e. The van der Waals surface area contributed by atoms with Crippen LogP contribution in [0, 0.1) is 5.41 Å². The van der Waals surface area contributed by atoms with E-state index in [2.05, 4.69) is 0 Å². The number of esters is 1. The van der Waals surface area contributed by atoms with E-state index in [1.807, 2.05) is 54.3 Å². The molecule has 2 atom stereocenters. The van der Waals surface area contributed by atoms with E-state index in [0.29, 0.717) is 24.5 Å². The van der Waals surface area contributed by atoms with Crippen LogP contribution in [0.1, 0.15) is 30.0 Å². The lowest BCUT2D eigenvalue weighted by Gasteiger charge is -2.41. The van der Waals surface area contributed by atoms with Crippen LogP contribution < -0.4 is 9.47 Å². The molecule has 0 spiro atoms. The second-order valence-corrected chi connectivity index (χ2v) is 7.83. The minimum atomic E-state index is -0.953. The topological polar surface area (TPSA) is 65.1 Å². The summed E-state index contributed by atoms with van der Waals surface area (Å²) in [5, 5.41) is 0. The molecule has 1 saturated heterocycles. The lowest BCUT2D eigenvalue weighted by molar-refractivity contribution is -0.158. The van der Waals surface area contributed by atoms with Gasteiger partial charge in [0, 0.05) is 13.0 Å². The number of nitrogens with zero attached hydrogens (tertiary/aromatic N) is 1. The van der Waals surface area contributed by atoms with Gasteiger partial charge in [-0.05, 0) is 42.2 Å². The summed E-state index contributed by atoms with van der Waals surface area (Å²) in [5.41, 5.74) is 1.19. The van der Waals surface area contributed by atoms with Crippen molar-refractivity contribution in [3.05, 3.63) is 59.2 Å². The van der Waals surface area contributed by atoms with Gasteiger partial charge in [0.2, 0.25) is 12.7 Å². The molecule has 1 fully saturated rings. The molecule has 0 saturated carbocycles. The number of hydrogen-bond acceptors (Lipinski definition) is 5. The minimum Gasteiger partial charge on any atom is -0.468 e. The van der Waals surface area contributed by atoms with Crippen molar-refractivity contribution in [1.29, 1.82) is 0 Å². The van der Waals surface area contributed by atoms with Crippen molar-refractivity contribution in [1.82, 2.24) is 4.90 Å². The SMILES string of the molecule is COC(=O)[C@@]12CC(=O)N(Cc3ccccc3)[C@]1(C)c1cc3c(cc1C2)OCO3. The fourth-order valence-corrected chi connectivity index (χ4v) is 5.13. The molecule has 2 heterocycles. The van der Waals surface area contributed by atoms with E-state index in [-0.39, 0.29) is 25.1 Å². The molecule has 144 valence electrons. The molecule has 3 aliphatic rings. The van der Waals surface area contributed by atoms with Gasteiger partial charge >= 0.3 is 5.97 Å². The lowest BCUT2D eigenvalue weighted by Crippen LogP contribution is -2.50. The van der Waals surface area contributed by atoms with Gasteiger partial charge in [0.1, 0.15) is 5.41 Å². The first-order chi connectivity index (χ1) is 13.5. The summed E-state index contributed by atoms with van der Waals surface area (Å²) in [7, 11) is 1.39. The summed E-state index contributed by atoms with van der Waals surface area (Å²) < 4.78 is 16.3. The van der Waals surface area contributed by atoms with Gasteiger partial charge < -0.3 is 19.1 Å².